The fraction of sp³-hybridized carbons (Fsp3) is 0.417. The molecule has 2 amide bonds. The van der Waals surface area contributed by atoms with Crippen LogP contribution in [0.4, 0.5) is 10.5 Å². The van der Waals surface area contributed by atoms with Crippen molar-refractivity contribution in [2.24, 2.45) is 0 Å². The van der Waals surface area contributed by atoms with Crippen molar-refractivity contribution in [3.8, 4) is 11.1 Å². The lowest BCUT2D eigenvalue weighted by atomic mass is 10.0. The maximum Gasteiger partial charge on any atom is 0.414 e. The van der Waals surface area contributed by atoms with Crippen LogP contribution < -0.4 is 10.2 Å². The molecule has 2 saturated heterocycles. The molecular weight excluding hydrogens is 392 g/mol. The van der Waals surface area contributed by atoms with E-state index in [4.69, 9.17) is 4.74 Å². The van der Waals surface area contributed by atoms with Crippen molar-refractivity contribution >= 4 is 17.7 Å². The van der Waals surface area contributed by atoms with Crippen molar-refractivity contribution < 1.29 is 14.3 Å². The van der Waals surface area contributed by atoms with Crippen LogP contribution in [0.1, 0.15) is 12.5 Å². The molecule has 0 aromatic heterocycles. The molecule has 1 atom stereocenters. The van der Waals surface area contributed by atoms with E-state index in [9.17, 15) is 9.59 Å². The summed E-state index contributed by atoms with van der Waals surface area (Å²) in [5.74, 6) is -0.131. The van der Waals surface area contributed by atoms with Crippen molar-refractivity contribution in [1.29, 1.82) is 0 Å². The van der Waals surface area contributed by atoms with Gasteiger partial charge >= 0.3 is 6.09 Å². The van der Waals surface area contributed by atoms with E-state index < -0.39 is 0 Å². The van der Waals surface area contributed by atoms with Gasteiger partial charge in [-0.05, 0) is 35.9 Å². The molecule has 2 aromatic carbocycles. The first-order chi connectivity index (χ1) is 15.0. The van der Waals surface area contributed by atoms with Crippen molar-refractivity contribution in [3.05, 3.63) is 54.1 Å². The molecule has 7 nitrogen and oxygen atoms in total. The minimum Gasteiger partial charge on any atom is -0.442 e. The van der Waals surface area contributed by atoms with Crippen LogP contribution in [-0.2, 0) is 16.1 Å². The highest BCUT2D eigenvalue weighted by atomic mass is 16.6. The Balaban J connectivity index is 1.36. The second-order valence-corrected chi connectivity index (χ2v) is 8.38. The molecule has 0 bridgehead atoms. The number of anilines is 1. The van der Waals surface area contributed by atoms with Crippen LogP contribution in [0, 0.1) is 0 Å². The quantitative estimate of drug-likeness (QED) is 0.775. The number of piperazine rings is 1. The van der Waals surface area contributed by atoms with Crippen molar-refractivity contribution in [2.75, 3.05) is 51.2 Å². The number of ether oxygens (including phenoxy) is 1. The van der Waals surface area contributed by atoms with E-state index in [-0.39, 0.29) is 18.1 Å². The Bertz CT molecular complexity index is 905. The largest absolute Gasteiger partial charge is 0.442 e. The van der Waals surface area contributed by atoms with E-state index >= 15 is 0 Å². The average molecular weight is 423 g/mol. The highest BCUT2D eigenvalue weighted by molar-refractivity contribution is 5.90. The minimum atomic E-state index is -0.378. The zero-order valence-corrected chi connectivity index (χ0v) is 18.2. The van der Waals surface area contributed by atoms with E-state index in [1.54, 1.807) is 4.90 Å². The third kappa shape index (κ3) is 5.42. The summed E-state index contributed by atoms with van der Waals surface area (Å²) >= 11 is 0. The summed E-state index contributed by atoms with van der Waals surface area (Å²) in [6.07, 6.45) is -0.708. The fourth-order valence-corrected chi connectivity index (χ4v) is 4.00. The van der Waals surface area contributed by atoms with Crippen LogP contribution in [0.3, 0.4) is 0 Å². The Morgan fingerprint density at radius 2 is 1.61 bits per heavy atom. The van der Waals surface area contributed by atoms with Crippen molar-refractivity contribution in [3.63, 3.8) is 0 Å². The molecule has 0 aliphatic carbocycles. The first kappa shape index (κ1) is 21.3. The van der Waals surface area contributed by atoms with Gasteiger partial charge in [0, 0.05) is 45.3 Å². The maximum atomic E-state index is 12.2. The van der Waals surface area contributed by atoms with Gasteiger partial charge < -0.3 is 15.0 Å². The number of hydrogen-bond acceptors (Lipinski definition) is 5. The predicted molar refractivity (Wildman–Crippen MR) is 121 cm³/mol. The number of nitrogens with zero attached hydrogens (tertiary/aromatic N) is 3. The number of nitrogens with one attached hydrogen (secondary N) is 1. The summed E-state index contributed by atoms with van der Waals surface area (Å²) in [5, 5.41) is 2.69. The topological polar surface area (TPSA) is 65.1 Å². The van der Waals surface area contributed by atoms with E-state index in [0.29, 0.717) is 13.1 Å². The summed E-state index contributed by atoms with van der Waals surface area (Å²) in [6.45, 7) is 7.69. The average Bonchev–Trinajstić information content (AvgIpc) is 3.15. The third-order valence-corrected chi connectivity index (χ3v) is 5.92. The lowest BCUT2D eigenvalue weighted by Crippen LogP contribution is -2.43. The van der Waals surface area contributed by atoms with Gasteiger partial charge in [-0.15, -0.1) is 0 Å². The smallest absolute Gasteiger partial charge is 0.414 e. The molecule has 0 radical (unpaired) electrons. The molecule has 7 heteroatoms. The second-order valence-electron chi connectivity index (χ2n) is 8.38. The third-order valence-electron chi connectivity index (χ3n) is 5.92. The summed E-state index contributed by atoms with van der Waals surface area (Å²) in [5.41, 5.74) is 4.39. The lowest BCUT2D eigenvalue weighted by Gasteiger charge is -2.32. The molecule has 0 saturated carbocycles. The predicted octanol–water partition coefficient (Wildman–Crippen LogP) is 2.56. The normalized spacial score (nSPS) is 20.0. The Labute approximate surface area is 183 Å². The van der Waals surface area contributed by atoms with Crippen LogP contribution in [0.15, 0.2) is 48.5 Å². The first-order valence-corrected chi connectivity index (χ1v) is 10.8. The van der Waals surface area contributed by atoms with Crippen LogP contribution in [-0.4, -0.2) is 74.2 Å². The highest BCUT2D eigenvalue weighted by Crippen LogP contribution is 2.26. The molecule has 164 valence electrons. The maximum absolute atomic E-state index is 12.2. The van der Waals surface area contributed by atoms with Gasteiger partial charge in [0.15, 0.2) is 0 Å². The van der Waals surface area contributed by atoms with Gasteiger partial charge in [-0.25, -0.2) is 4.79 Å². The molecule has 31 heavy (non-hydrogen) atoms. The second kappa shape index (κ2) is 9.49. The number of amides is 2. The molecular formula is C24H30N4O3. The minimum absolute atomic E-state index is 0.131. The van der Waals surface area contributed by atoms with Gasteiger partial charge in [0.2, 0.25) is 5.91 Å². The molecule has 2 aliphatic heterocycles. The summed E-state index contributed by atoms with van der Waals surface area (Å²) in [4.78, 5) is 29.7. The van der Waals surface area contributed by atoms with Crippen molar-refractivity contribution in [1.82, 2.24) is 15.1 Å². The number of carbonyl (C=O) groups excluding carboxylic acids is 2. The fourth-order valence-electron chi connectivity index (χ4n) is 4.00. The Kier molecular flexibility index (Phi) is 6.53. The first-order valence-electron chi connectivity index (χ1n) is 10.8. The SMILES string of the molecule is CC(=O)NCC1CN(c2ccc(-c3ccc(CN4CCN(C)CC4)cc3)cc2)C(=O)O1. The Hall–Kier alpha value is -2.90. The number of likely N-dealkylation sites (N-methyl/N-ethyl adjacent to an activating group) is 1. The van der Waals surface area contributed by atoms with E-state index in [1.165, 1.54) is 12.5 Å². The van der Waals surface area contributed by atoms with Gasteiger partial charge in [-0.3, -0.25) is 14.6 Å². The van der Waals surface area contributed by atoms with Crippen molar-refractivity contribution in [2.45, 2.75) is 19.6 Å². The molecule has 2 heterocycles. The zero-order chi connectivity index (χ0) is 21.8. The van der Waals surface area contributed by atoms with Gasteiger partial charge in [-0.1, -0.05) is 36.4 Å². The molecule has 2 fully saturated rings. The molecule has 1 N–H and O–H groups in total. The number of carbonyl (C=O) groups is 2. The summed E-state index contributed by atoms with van der Waals surface area (Å²) in [7, 11) is 2.17. The van der Waals surface area contributed by atoms with Crippen LogP contribution in [0.5, 0.6) is 0 Å². The Morgan fingerprint density at radius 1 is 1.00 bits per heavy atom. The van der Waals surface area contributed by atoms with Gasteiger partial charge in [0.25, 0.3) is 0 Å². The summed E-state index contributed by atoms with van der Waals surface area (Å²) in [6, 6.07) is 16.7. The standard InChI is InChI=1S/C24H30N4O3/c1-18(29)25-15-23-17-28(24(30)31-23)22-9-7-21(8-10-22)20-5-3-19(4-6-20)16-27-13-11-26(2)12-14-27/h3-10,23H,11-17H2,1-2H3,(H,25,29). The Morgan fingerprint density at radius 3 is 2.23 bits per heavy atom. The number of benzene rings is 2. The number of cyclic esters (lactones) is 1. The van der Waals surface area contributed by atoms with E-state index in [0.717, 1.165) is 49.5 Å². The van der Waals surface area contributed by atoms with E-state index in [1.807, 2.05) is 24.3 Å². The monoisotopic (exact) mass is 422 g/mol. The lowest BCUT2D eigenvalue weighted by molar-refractivity contribution is -0.119. The summed E-state index contributed by atoms with van der Waals surface area (Å²) < 4.78 is 5.34. The molecule has 2 aliphatic rings. The van der Waals surface area contributed by atoms with Crippen LogP contribution in [0.25, 0.3) is 11.1 Å². The van der Waals surface area contributed by atoms with Gasteiger partial charge in [0.05, 0.1) is 13.1 Å². The molecule has 2 aromatic rings. The van der Waals surface area contributed by atoms with Gasteiger partial charge in [0.1, 0.15) is 6.10 Å². The van der Waals surface area contributed by atoms with E-state index in [2.05, 4.69) is 46.4 Å². The molecule has 0 spiro atoms. The molecule has 4 rings (SSSR count). The van der Waals surface area contributed by atoms with Crippen LogP contribution >= 0.6 is 0 Å². The van der Waals surface area contributed by atoms with Crippen LogP contribution in [0.2, 0.25) is 0 Å². The zero-order valence-electron chi connectivity index (χ0n) is 18.2. The number of rotatable bonds is 6. The highest BCUT2D eigenvalue weighted by Gasteiger charge is 2.32. The van der Waals surface area contributed by atoms with Gasteiger partial charge in [-0.2, -0.15) is 0 Å². The number of hydrogen-bond donors (Lipinski definition) is 1. The molecule has 1 unspecified atom stereocenters.